The van der Waals surface area contributed by atoms with Crippen LogP contribution in [-0.4, -0.2) is 12.0 Å². The van der Waals surface area contributed by atoms with Gasteiger partial charge in [-0.15, -0.1) is 12.4 Å². The molecule has 0 unspecified atom stereocenters. The van der Waals surface area contributed by atoms with Crippen LogP contribution in [0.15, 0.2) is 60.8 Å². The quantitative estimate of drug-likeness (QED) is 0.625. The lowest BCUT2D eigenvalue weighted by Crippen LogP contribution is -1.99. The fraction of sp³-hybridized carbons (Fsp3) is 0.0625. The molecule has 0 amide bonds. The van der Waals surface area contributed by atoms with E-state index in [-0.39, 0.29) is 12.4 Å². The maximum Gasteiger partial charge on any atom is 0.0780 e. The van der Waals surface area contributed by atoms with Gasteiger partial charge in [-0.25, -0.2) is 0 Å². The molecule has 3 rings (SSSR count). The molecule has 0 bridgehead atoms. The summed E-state index contributed by atoms with van der Waals surface area (Å²) in [6, 6.07) is 18.4. The Kier molecular flexibility index (Phi) is 4.48. The molecule has 1 heterocycles. The highest BCUT2D eigenvalue weighted by Gasteiger charge is 2.05. The molecule has 2 aromatic carbocycles. The van der Waals surface area contributed by atoms with Crippen LogP contribution in [0.4, 0.5) is 5.69 Å². The van der Waals surface area contributed by atoms with Gasteiger partial charge in [-0.2, -0.15) is 0 Å². The second-order valence-corrected chi connectivity index (χ2v) is 4.91. The van der Waals surface area contributed by atoms with Gasteiger partial charge in [-0.3, -0.25) is 9.40 Å². The van der Waals surface area contributed by atoms with E-state index in [9.17, 15) is 0 Å². The van der Waals surface area contributed by atoms with E-state index < -0.39 is 0 Å². The Morgan fingerprint density at radius 3 is 2.35 bits per heavy atom. The zero-order chi connectivity index (χ0) is 13.2. The molecule has 0 saturated heterocycles. The van der Waals surface area contributed by atoms with E-state index in [1.165, 1.54) is 5.39 Å². The van der Waals surface area contributed by atoms with Crippen molar-refractivity contribution in [3.05, 3.63) is 60.8 Å². The predicted octanol–water partition coefficient (Wildman–Crippen LogP) is 4.91. The molecule has 0 aliphatic carbocycles. The first-order chi connectivity index (χ1) is 9.25. The molecule has 102 valence electrons. The molecule has 0 spiro atoms. The van der Waals surface area contributed by atoms with Gasteiger partial charge in [0, 0.05) is 36.0 Å². The first-order valence-electron chi connectivity index (χ1n) is 6.09. The van der Waals surface area contributed by atoms with Gasteiger partial charge in [0.05, 0.1) is 11.4 Å². The van der Waals surface area contributed by atoms with Gasteiger partial charge in [0.2, 0.25) is 0 Å². The van der Waals surface area contributed by atoms with E-state index in [1.807, 2.05) is 55.7 Å². The highest BCUT2D eigenvalue weighted by molar-refractivity contribution is 6.25. The van der Waals surface area contributed by atoms with Crippen molar-refractivity contribution in [2.45, 2.75) is 0 Å². The number of anilines is 1. The van der Waals surface area contributed by atoms with E-state index in [0.29, 0.717) is 0 Å². The van der Waals surface area contributed by atoms with E-state index in [2.05, 4.69) is 17.1 Å². The second kappa shape index (κ2) is 6.12. The number of pyridine rings is 1. The highest BCUT2D eigenvalue weighted by atomic mass is 35.5. The van der Waals surface area contributed by atoms with Crippen LogP contribution in [0.5, 0.6) is 0 Å². The predicted molar refractivity (Wildman–Crippen MR) is 88.7 cm³/mol. The SMILES string of the molecule is CN(Cl)c1ccc(-c2nccc3ccccc23)cc1.Cl. The van der Waals surface area contributed by atoms with Gasteiger partial charge in [0.25, 0.3) is 0 Å². The number of benzene rings is 2. The third-order valence-corrected chi connectivity index (χ3v) is 3.37. The zero-order valence-electron chi connectivity index (χ0n) is 11.0. The number of hydrogen-bond acceptors (Lipinski definition) is 2. The Morgan fingerprint density at radius 1 is 0.950 bits per heavy atom. The molecular formula is C16H14Cl2N2. The number of fused-ring (bicyclic) bond motifs is 1. The molecule has 0 radical (unpaired) electrons. The van der Waals surface area contributed by atoms with Gasteiger partial charge < -0.3 is 0 Å². The van der Waals surface area contributed by atoms with Crippen molar-refractivity contribution < 1.29 is 0 Å². The monoisotopic (exact) mass is 304 g/mol. The lowest BCUT2D eigenvalue weighted by molar-refractivity contribution is 1.33. The number of halogens is 2. The summed E-state index contributed by atoms with van der Waals surface area (Å²) in [6.07, 6.45) is 1.85. The highest BCUT2D eigenvalue weighted by Crippen LogP contribution is 2.27. The lowest BCUT2D eigenvalue weighted by Gasteiger charge is -2.10. The standard InChI is InChI=1S/C16H13ClN2.ClH/c1-19(17)14-8-6-13(7-9-14)16-15-5-3-2-4-12(15)10-11-18-16;/h2-11H,1H3;1H. The first-order valence-corrected chi connectivity index (χ1v) is 6.43. The average molecular weight is 305 g/mol. The summed E-state index contributed by atoms with van der Waals surface area (Å²) in [5, 5.41) is 2.36. The van der Waals surface area contributed by atoms with Crippen molar-refractivity contribution in [3.63, 3.8) is 0 Å². The smallest absolute Gasteiger partial charge is 0.0780 e. The molecule has 1 aromatic heterocycles. The Morgan fingerprint density at radius 2 is 1.65 bits per heavy atom. The van der Waals surface area contributed by atoms with Crippen LogP contribution in [0, 0.1) is 0 Å². The van der Waals surface area contributed by atoms with Gasteiger partial charge in [-0.1, -0.05) is 36.4 Å². The summed E-state index contributed by atoms with van der Waals surface area (Å²) >= 11 is 5.91. The number of nitrogens with zero attached hydrogens (tertiary/aromatic N) is 2. The summed E-state index contributed by atoms with van der Waals surface area (Å²) in [4.78, 5) is 4.51. The summed E-state index contributed by atoms with van der Waals surface area (Å²) in [5.74, 6) is 0. The van der Waals surface area contributed by atoms with Crippen LogP contribution in [0.2, 0.25) is 0 Å². The molecule has 0 aliphatic heterocycles. The number of hydrogen-bond donors (Lipinski definition) is 0. The summed E-state index contributed by atoms with van der Waals surface area (Å²) in [7, 11) is 1.81. The third kappa shape index (κ3) is 2.72. The van der Waals surface area contributed by atoms with E-state index in [0.717, 1.165) is 22.3 Å². The van der Waals surface area contributed by atoms with Crippen molar-refractivity contribution in [1.82, 2.24) is 4.98 Å². The molecular weight excluding hydrogens is 291 g/mol. The molecule has 0 aliphatic rings. The van der Waals surface area contributed by atoms with E-state index >= 15 is 0 Å². The van der Waals surface area contributed by atoms with Gasteiger partial charge >= 0.3 is 0 Å². The summed E-state index contributed by atoms with van der Waals surface area (Å²) in [5.41, 5.74) is 3.06. The van der Waals surface area contributed by atoms with Crippen molar-refractivity contribution in [1.29, 1.82) is 0 Å². The van der Waals surface area contributed by atoms with Crippen molar-refractivity contribution in [2.24, 2.45) is 0 Å². The molecule has 4 heteroatoms. The van der Waals surface area contributed by atoms with E-state index in [4.69, 9.17) is 11.8 Å². The summed E-state index contributed by atoms with van der Waals surface area (Å²) in [6.45, 7) is 0. The molecule has 2 nitrogen and oxygen atoms in total. The maximum absolute atomic E-state index is 5.91. The van der Waals surface area contributed by atoms with Crippen LogP contribution in [0.3, 0.4) is 0 Å². The number of aromatic nitrogens is 1. The molecule has 0 saturated carbocycles. The van der Waals surface area contributed by atoms with Crippen molar-refractivity contribution in [3.8, 4) is 11.3 Å². The van der Waals surface area contributed by atoms with Gasteiger partial charge in [0.1, 0.15) is 0 Å². The van der Waals surface area contributed by atoms with Crippen LogP contribution in [0.1, 0.15) is 0 Å². The van der Waals surface area contributed by atoms with Crippen molar-refractivity contribution >= 4 is 40.6 Å². The Balaban J connectivity index is 0.00000147. The van der Waals surface area contributed by atoms with Crippen molar-refractivity contribution in [2.75, 3.05) is 11.5 Å². The van der Waals surface area contributed by atoms with Gasteiger partial charge in [-0.05, 0) is 23.6 Å². The van der Waals surface area contributed by atoms with Crippen LogP contribution >= 0.6 is 24.2 Å². The van der Waals surface area contributed by atoms with Crippen LogP contribution in [0.25, 0.3) is 22.0 Å². The largest absolute Gasteiger partial charge is 0.288 e. The molecule has 3 aromatic rings. The van der Waals surface area contributed by atoms with E-state index in [1.54, 1.807) is 4.42 Å². The molecule has 0 atom stereocenters. The van der Waals surface area contributed by atoms with Gasteiger partial charge in [0.15, 0.2) is 0 Å². The Bertz CT molecular complexity index is 704. The zero-order valence-corrected chi connectivity index (χ0v) is 12.5. The fourth-order valence-corrected chi connectivity index (χ4v) is 2.29. The summed E-state index contributed by atoms with van der Waals surface area (Å²) < 4.78 is 1.57. The lowest BCUT2D eigenvalue weighted by atomic mass is 10.0. The minimum absolute atomic E-state index is 0. The molecule has 20 heavy (non-hydrogen) atoms. The van der Waals surface area contributed by atoms with Crippen LogP contribution < -0.4 is 4.42 Å². The number of rotatable bonds is 2. The molecule has 0 fully saturated rings. The third-order valence-electron chi connectivity index (χ3n) is 3.17. The van der Waals surface area contributed by atoms with Crippen LogP contribution in [-0.2, 0) is 0 Å². The Hall–Kier alpha value is -1.77. The normalized spacial score (nSPS) is 10.1. The molecule has 0 N–H and O–H groups in total. The first kappa shape index (κ1) is 14.6. The maximum atomic E-state index is 5.91. The fourth-order valence-electron chi connectivity index (χ4n) is 2.17. The minimum atomic E-state index is 0. The average Bonchev–Trinajstić information content (AvgIpc) is 2.47. The topological polar surface area (TPSA) is 16.1 Å². The minimum Gasteiger partial charge on any atom is -0.288 e. The second-order valence-electron chi connectivity index (χ2n) is 4.40. The Labute approximate surface area is 129 Å².